The molecule has 1 aromatic carbocycles. The van der Waals surface area contributed by atoms with Crippen molar-refractivity contribution < 1.29 is 4.79 Å². The molecule has 31 heavy (non-hydrogen) atoms. The van der Waals surface area contributed by atoms with Gasteiger partial charge in [-0.2, -0.15) is 5.10 Å². The fraction of sp³-hybridized carbons (Fsp3) is 0.478. The van der Waals surface area contributed by atoms with Gasteiger partial charge in [-0.05, 0) is 25.0 Å². The normalized spacial score (nSPS) is 18.0. The monoisotopic (exact) mass is 438 g/mol. The molecule has 5 rings (SSSR count). The highest BCUT2D eigenvalue weighted by Crippen LogP contribution is 2.35. The Balaban J connectivity index is 1.60. The number of carbonyl (C=O) groups is 1. The second kappa shape index (κ2) is 8.46. The van der Waals surface area contributed by atoms with E-state index < -0.39 is 0 Å². The number of rotatable bonds is 3. The number of para-hydroxylation sites is 1. The molecule has 0 radical (unpaired) electrons. The topological polar surface area (TPSA) is 67.2 Å². The number of nitrogens with zero attached hydrogens (tertiary/aromatic N) is 6. The molecule has 0 N–H and O–H groups in total. The predicted molar refractivity (Wildman–Crippen MR) is 122 cm³/mol. The Kier molecular flexibility index (Phi) is 5.52. The molecule has 0 bridgehead atoms. The summed E-state index contributed by atoms with van der Waals surface area (Å²) in [6.07, 6.45) is 7.84. The van der Waals surface area contributed by atoms with Crippen molar-refractivity contribution in [2.75, 3.05) is 31.1 Å². The van der Waals surface area contributed by atoms with Crippen LogP contribution < -0.4 is 4.90 Å². The van der Waals surface area contributed by atoms with Gasteiger partial charge < -0.3 is 9.80 Å². The minimum Gasteiger partial charge on any atom is -0.352 e. The fourth-order valence-electron chi connectivity index (χ4n) is 4.73. The standard InChI is InChI=1S/C23H27ClN6O/c1-16(31)28-11-13-29(14-12-28)22-18-15-25-30(20-10-6-5-9-19(20)24)23(18)27-21(26-22)17-7-3-2-4-8-17/h5-6,9-10,15,17H,2-4,7-8,11-14H2,1H3. The Morgan fingerprint density at radius 1 is 1.03 bits per heavy atom. The smallest absolute Gasteiger partial charge is 0.219 e. The number of benzene rings is 1. The number of carbonyl (C=O) groups excluding carboxylic acids is 1. The minimum atomic E-state index is 0.127. The molecular weight excluding hydrogens is 412 g/mol. The Hall–Kier alpha value is -2.67. The number of fused-ring (bicyclic) bond motifs is 1. The molecule has 2 aliphatic rings. The van der Waals surface area contributed by atoms with Crippen molar-refractivity contribution in [3.05, 3.63) is 41.3 Å². The van der Waals surface area contributed by atoms with Crippen LogP contribution in [0, 0.1) is 0 Å². The third-order valence-corrected chi connectivity index (χ3v) is 6.82. The summed E-state index contributed by atoms with van der Waals surface area (Å²) in [4.78, 5) is 26.0. The van der Waals surface area contributed by atoms with Gasteiger partial charge in [-0.3, -0.25) is 4.79 Å². The van der Waals surface area contributed by atoms with Crippen molar-refractivity contribution in [1.82, 2.24) is 24.6 Å². The lowest BCUT2D eigenvalue weighted by Crippen LogP contribution is -2.48. The van der Waals surface area contributed by atoms with Gasteiger partial charge in [0.25, 0.3) is 0 Å². The fourth-order valence-corrected chi connectivity index (χ4v) is 4.94. The van der Waals surface area contributed by atoms with E-state index in [1.54, 1.807) is 6.92 Å². The van der Waals surface area contributed by atoms with Gasteiger partial charge in [0.1, 0.15) is 11.6 Å². The van der Waals surface area contributed by atoms with Crippen LogP contribution in [-0.4, -0.2) is 56.7 Å². The molecule has 162 valence electrons. The Morgan fingerprint density at radius 2 is 1.77 bits per heavy atom. The van der Waals surface area contributed by atoms with Crippen LogP contribution in [0.3, 0.4) is 0 Å². The molecule has 1 aliphatic carbocycles. The van der Waals surface area contributed by atoms with E-state index in [-0.39, 0.29) is 5.91 Å². The van der Waals surface area contributed by atoms with Crippen LogP contribution in [0.1, 0.15) is 50.8 Å². The molecule has 0 spiro atoms. The number of aromatic nitrogens is 4. The largest absolute Gasteiger partial charge is 0.352 e. The summed E-state index contributed by atoms with van der Waals surface area (Å²) in [5.74, 6) is 2.34. The molecule has 1 aliphatic heterocycles. The van der Waals surface area contributed by atoms with Gasteiger partial charge in [0, 0.05) is 39.0 Å². The van der Waals surface area contributed by atoms with E-state index >= 15 is 0 Å². The van der Waals surface area contributed by atoms with Crippen molar-refractivity contribution in [2.24, 2.45) is 0 Å². The maximum absolute atomic E-state index is 11.8. The molecule has 0 atom stereocenters. The molecule has 1 saturated heterocycles. The van der Waals surface area contributed by atoms with Crippen LogP contribution in [0.2, 0.25) is 5.02 Å². The summed E-state index contributed by atoms with van der Waals surface area (Å²) in [7, 11) is 0. The van der Waals surface area contributed by atoms with Crippen LogP contribution in [0.4, 0.5) is 5.82 Å². The lowest BCUT2D eigenvalue weighted by Gasteiger charge is -2.35. The molecule has 2 fully saturated rings. The molecular formula is C23H27ClN6O. The molecule has 3 aromatic rings. The Labute approximate surface area is 187 Å². The average Bonchev–Trinajstić information content (AvgIpc) is 3.23. The van der Waals surface area contributed by atoms with Crippen molar-refractivity contribution in [3.8, 4) is 5.69 Å². The van der Waals surface area contributed by atoms with Crippen LogP contribution in [-0.2, 0) is 4.79 Å². The van der Waals surface area contributed by atoms with Crippen LogP contribution in [0.15, 0.2) is 30.5 Å². The predicted octanol–water partition coefficient (Wildman–Crippen LogP) is 4.19. The van der Waals surface area contributed by atoms with Crippen LogP contribution in [0.25, 0.3) is 16.7 Å². The number of halogens is 1. The molecule has 2 aromatic heterocycles. The van der Waals surface area contributed by atoms with E-state index in [0.29, 0.717) is 24.0 Å². The molecule has 8 heteroatoms. The zero-order valence-corrected chi connectivity index (χ0v) is 18.6. The van der Waals surface area contributed by atoms with Crippen molar-refractivity contribution >= 4 is 34.4 Å². The number of piperazine rings is 1. The van der Waals surface area contributed by atoms with Gasteiger partial charge in [0.05, 0.1) is 22.3 Å². The Morgan fingerprint density at radius 3 is 2.48 bits per heavy atom. The van der Waals surface area contributed by atoms with Gasteiger partial charge in [-0.25, -0.2) is 14.6 Å². The van der Waals surface area contributed by atoms with E-state index in [0.717, 1.165) is 54.3 Å². The quantitative estimate of drug-likeness (QED) is 0.613. The lowest BCUT2D eigenvalue weighted by atomic mass is 9.88. The van der Waals surface area contributed by atoms with E-state index in [1.807, 2.05) is 40.0 Å². The van der Waals surface area contributed by atoms with Crippen LogP contribution >= 0.6 is 11.6 Å². The highest BCUT2D eigenvalue weighted by atomic mass is 35.5. The van der Waals surface area contributed by atoms with Crippen molar-refractivity contribution in [2.45, 2.75) is 44.9 Å². The first-order chi connectivity index (χ1) is 15.1. The first-order valence-electron chi connectivity index (χ1n) is 11.1. The van der Waals surface area contributed by atoms with Gasteiger partial charge in [0.2, 0.25) is 5.91 Å². The maximum Gasteiger partial charge on any atom is 0.219 e. The number of hydrogen-bond acceptors (Lipinski definition) is 5. The first-order valence-corrected chi connectivity index (χ1v) is 11.5. The summed E-state index contributed by atoms with van der Waals surface area (Å²) in [5, 5.41) is 6.22. The third kappa shape index (κ3) is 3.87. The van der Waals surface area contributed by atoms with E-state index in [1.165, 1.54) is 19.3 Å². The molecule has 7 nitrogen and oxygen atoms in total. The summed E-state index contributed by atoms with van der Waals surface area (Å²) in [5.41, 5.74) is 1.62. The van der Waals surface area contributed by atoms with Crippen molar-refractivity contribution in [1.29, 1.82) is 0 Å². The maximum atomic E-state index is 11.8. The second-order valence-corrected chi connectivity index (χ2v) is 8.89. The summed E-state index contributed by atoms with van der Waals surface area (Å²) >= 11 is 6.49. The van der Waals surface area contributed by atoms with Gasteiger partial charge in [-0.1, -0.05) is 43.0 Å². The zero-order chi connectivity index (χ0) is 21.4. The van der Waals surface area contributed by atoms with Gasteiger partial charge in [0.15, 0.2) is 5.65 Å². The Bertz CT molecular complexity index is 1100. The van der Waals surface area contributed by atoms with E-state index in [4.69, 9.17) is 21.6 Å². The minimum absolute atomic E-state index is 0.127. The molecule has 1 saturated carbocycles. The summed E-state index contributed by atoms with van der Waals surface area (Å²) < 4.78 is 1.83. The van der Waals surface area contributed by atoms with E-state index in [2.05, 4.69) is 10.00 Å². The lowest BCUT2D eigenvalue weighted by molar-refractivity contribution is -0.129. The van der Waals surface area contributed by atoms with Crippen LogP contribution in [0.5, 0.6) is 0 Å². The third-order valence-electron chi connectivity index (χ3n) is 6.50. The summed E-state index contributed by atoms with van der Waals surface area (Å²) in [6.45, 7) is 4.56. The molecule has 1 amide bonds. The molecule has 0 unspecified atom stereocenters. The number of hydrogen-bond donors (Lipinski definition) is 0. The highest BCUT2D eigenvalue weighted by Gasteiger charge is 2.26. The van der Waals surface area contributed by atoms with Crippen molar-refractivity contribution in [3.63, 3.8) is 0 Å². The van der Waals surface area contributed by atoms with E-state index in [9.17, 15) is 4.79 Å². The first kappa shape index (κ1) is 20.2. The zero-order valence-electron chi connectivity index (χ0n) is 17.8. The van der Waals surface area contributed by atoms with Gasteiger partial charge in [-0.15, -0.1) is 0 Å². The number of amides is 1. The second-order valence-electron chi connectivity index (χ2n) is 8.48. The van der Waals surface area contributed by atoms with Gasteiger partial charge >= 0.3 is 0 Å². The SMILES string of the molecule is CC(=O)N1CCN(c2nc(C3CCCCC3)nc3c2cnn3-c2ccccc2Cl)CC1. The highest BCUT2D eigenvalue weighted by molar-refractivity contribution is 6.32. The summed E-state index contributed by atoms with van der Waals surface area (Å²) in [6, 6.07) is 7.71. The number of anilines is 1. The molecule has 3 heterocycles. The average molecular weight is 439 g/mol.